The molecule has 1 fully saturated rings. The van der Waals surface area contributed by atoms with Gasteiger partial charge in [-0.2, -0.15) is 13.5 Å². The first kappa shape index (κ1) is 26.8. The van der Waals surface area contributed by atoms with E-state index in [0.29, 0.717) is 34.1 Å². The molecule has 0 amide bonds. The van der Waals surface area contributed by atoms with Crippen LogP contribution in [-0.2, 0) is 11.2 Å². The molecule has 11 heteroatoms. The highest BCUT2D eigenvalue weighted by Gasteiger charge is 2.25. The molecule has 4 rings (SSSR count). The first-order chi connectivity index (χ1) is 17.8. The minimum absolute atomic E-state index is 0.106. The maximum absolute atomic E-state index is 13.0. The Labute approximate surface area is 222 Å². The number of aromatic nitrogens is 1. The molecule has 1 aromatic heterocycles. The molecule has 1 heterocycles. The van der Waals surface area contributed by atoms with E-state index in [1.54, 1.807) is 42.5 Å². The molecule has 1 aliphatic rings. The normalized spacial score (nSPS) is 13.8. The minimum Gasteiger partial charge on any atom is -0.619 e. The first-order valence-corrected chi connectivity index (χ1v) is 12.2. The van der Waals surface area contributed by atoms with Crippen LogP contribution in [0.5, 0.6) is 17.2 Å². The highest BCUT2D eigenvalue weighted by Crippen LogP contribution is 2.37. The monoisotopic (exact) mass is 553 g/mol. The van der Waals surface area contributed by atoms with Crippen molar-refractivity contribution in [3.63, 3.8) is 0 Å². The molecule has 0 N–H and O–H groups in total. The Hall–Kier alpha value is -3.30. The predicted octanol–water partition coefficient (Wildman–Crippen LogP) is 6.56. The fourth-order valence-electron chi connectivity index (χ4n) is 3.60. The number of ether oxygens (including phenoxy) is 4. The predicted molar refractivity (Wildman–Crippen MR) is 132 cm³/mol. The van der Waals surface area contributed by atoms with Gasteiger partial charge in [-0.1, -0.05) is 47.5 Å². The van der Waals surface area contributed by atoms with E-state index in [0.717, 1.165) is 25.2 Å². The third kappa shape index (κ3) is 7.84. The molecule has 3 aromatic rings. The van der Waals surface area contributed by atoms with Crippen molar-refractivity contribution >= 4 is 29.4 Å². The number of halogens is 4. The average Bonchev–Trinajstić information content (AvgIpc) is 3.67. The third-order valence-electron chi connectivity index (χ3n) is 5.68. The van der Waals surface area contributed by atoms with Crippen molar-refractivity contribution in [1.29, 1.82) is 0 Å². The van der Waals surface area contributed by atoms with Crippen LogP contribution in [0.25, 0.3) is 0 Å². The first-order valence-electron chi connectivity index (χ1n) is 11.5. The molecule has 7 nitrogen and oxygen atoms in total. The Morgan fingerprint density at radius 1 is 1.05 bits per heavy atom. The van der Waals surface area contributed by atoms with Gasteiger partial charge in [0.2, 0.25) is 0 Å². The van der Waals surface area contributed by atoms with Gasteiger partial charge in [0.15, 0.2) is 23.9 Å². The van der Waals surface area contributed by atoms with Crippen molar-refractivity contribution in [2.75, 3.05) is 13.2 Å². The summed E-state index contributed by atoms with van der Waals surface area (Å²) in [6.07, 6.45) is 3.57. The second kappa shape index (κ2) is 12.3. The van der Waals surface area contributed by atoms with Crippen molar-refractivity contribution in [2.45, 2.75) is 31.8 Å². The number of benzene rings is 2. The maximum atomic E-state index is 13.0. The van der Waals surface area contributed by atoms with Gasteiger partial charge in [-0.3, -0.25) is 0 Å². The number of nitrogens with zero attached hydrogens (tertiary/aromatic N) is 1. The van der Waals surface area contributed by atoms with E-state index in [-0.39, 0.29) is 34.6 Å². The van der Waals surface area contributed by atoms with Crippen LogP contribution in [-0.4, -0.2) is 26.0 Å². The van der Waals surface area contributed by atoms with E-state index in [9.17, 15) is 18.8 Å². The molecule has 0 saturated heterocycles. The zero-order chi connectivity index (χ0) is 26.4. The molecule has 0 bridgehead atoms. The molecule has 1 aliphatic carbocycles. The Kier molecular flexibility index (Phi) is 8.89. The molecule has 0 spiro atoms. The van der Waals surface area contributed by atoms with Crippen LogP contribution in [0.4, 0.5) is 13.6 Å². The van der Waals surface area contributed by atoms with Gasteiger partial charge in [-0.25, -0.2) is 4.79 Å². The van der Waals surface area contributed by atoms with Crippen LogP contribution >= 0.6 is 23.2 Å². The second-order valence-electron chi connectivity index (χ2n) is 8.51. The molecule has 2 aromatic carbocycles. The van der Waals surface area contributed by atoms with E-state index < -0.39 is 18.7 Å². The lowest BCUT2D eigenvalue weighted by Gasteiger charge is -2.21. The topological polar surface area (TPSA) is 80.9 Å². The number of para-hydroxylation sites is 1. The summed E-state index contributed by atoms with van der Waals surface area (Å²) in [6, 6.07) is 12.9. The molecule has 196 valence electrons. The smallest absolute Gasteiger partial charge is 0.513 e. The van der Waals surface area contributed by atoms with Gasteiger partial charge in [0.25, 0.3) is 0 Å². The molecule has 0 radical (unpaired) electrons. The van der Waals surface area contributed by atoms with Crippen LogP contribution in [0.2, 0.25) is 10.0 Å². The summed E-state index contributed by atoms with van der Waals surface area (Å²) in [5, 5.41) is 11.9. The van der Waals surface area contributed by atoms with Gasteiger partial charge in [0.05, 0.1) is 6.61 Å². The molecule has 1 atom stereocenters. The molecule has 0 aliphatic heterocycles. The fraction of sp³-hybridized carbons (Fsp3) is 0.308. The molecule has 1 saturated carbocycles. The number of rotatable bonds is 11. The highest BCUT2D eigenvalue weighted by molar-refractivity contribution is 6.35. The van der Waals surface area contributed by atoms with E-state index in [1.807, 2.05) is 0 Å². The summed E-state index contributed by atoms with van der Waals surface area (Å²) in [5.74, 6) is 0.165. The molecular formula is C26H23Cl2F2NO6. The Balaban J connectivity index is 1.59. The summed E-state index contributed by atoms with van der Waals surface area (Å²) in [7, 11) is 0. The quantitative estimate of drug-likeness (QED) is 0.116. The lowest BCUT2D eigenvalue weighted by atomic mass is 9.92. The van der Waals surface area contributed by atoms with E-state index in [1.165, 1.54) is 6.07 Å². The Bertz CT molecular complexity index is 1200. The van der Waals surface area contributed by atoms with Crippen LogP contribution in [0.3, 0.4) is 0 Å². The summed E-state index contributed by atoms with van der Waals surface area (Å²) >= 11 is 12.6. The number of carbonyl (C=O) groups excluding carboxylic acids is 1. The summed E-state index contributed by atoms with van der Waals surface area (Å²) in [5.41, 5.74) is 1.04. The van der Waals surface area contributed by atoms with Crippen molar-refractivity contribution in [3.05, 3.63) is 87.3 Å². The van der Waals surface area contributed by atoms with E-state index in [2.05, 4.69) is 4.74 Å². The van der Waals surface area contributed by atoms with Gasteiger partial charge >= 0.3 is 12.8 Å². The summed E-state index contributed by atoms with van der Waals surface area (Å²) in [6.45, 7) is -2.82. The van der Waals surface area contributed by atoms with Crippen LogP contribution in [0, 0.1) is 11.1 Å². The summed E-state index contributed by atoms with van der Waals surface area (Å²) < 4.78 is 47.4. The van der Waals surface area contributed by atoms with Gasteiger partial charge in [-0.15, -0.1) is 0 Å². The number of hydrogen-bond donors (Lipinski definition) is 0. The second-order valence-corrected chi connectivity index (χ2v) is 9.32. The lowest BCUT2D eigenvalue weighted by molar-refractivity contribution is -0.605. The van der Waals surface area contributed by atoms with Gasteiger partial charge in [-0.05, 0) is 55.0 Å². The Morgan fingerprint density at radius 3 is 2.41 bits per heavy atom. The maximum Gasteiger partial charge on any atom is 0.513 e. The van der Waals surface area contributed by atoms with Crippen LogP contribution in [0.1, 0.15) is 29.9 Å². The number of hydrogen-bond acceptors (Lipinski definition) is 6. The highest BCUT2D eigenvalue weighted by atomic mass is 35.5. The van der Waals surface area contributed by atoms with Crippen molar-refractivity contribution in [3.8, 4) is 17.2 Å². The molecular weight excluding hydrogens is 531 g/mol. The van der Waals surface area contributed by atoms with Gasteiger partial charge < -0.3 is 24.2 Å². The van der Waals surface area contributed by atoms with Crippen molar-refractivity contribution < 1.29 is 37.3 Å². The van der Waals surface area contributed by atoms with E-state index >= 15 is 0 Å². The standard InChI is InChI=1S/C26H23Cl2F2NO6/c27-21-12-31(33)13-22(28)20(21)10-18(15-35-26(32)36-19-4-2-1-3-5-19)17-8-9-23(37-25(29)30)24(11-17)34-14-16-6-7-16/h1-5,8-9,11-13,16,18,25H,6-7,10,14-15H2/t18-/m1/s1. The SMILES string of the molecule is O=C(OC[C@@H](Cc1c(Cl)c[n+]([O-])cc1Cl)c1ccc(OC(F)F)c(OCC2CC2)c1)Oc1ccccc1. The van der Waals surface area contributed by atoms with Gasteiger partial charge in [0, 0.05) is 11.5 Å². The van der Waals surface area contributed by atoms with Gasteiger partial charge in [0.1, 0.15) is 22.4 Å². The zero-order valence-corrected chi connectivity index (χ0v) is 21.0. The number of carbonyl (C=O) groups is 1. The van der Waals surface area contributed by atoms with E-state index in [4.69, 9.17) is 37.4 Å². The third-order valence-corrected chi connectivity index (χ3v) is 6.33. The fourth-order valence-corrected chi connectivity index (χ4v) is 4.20. The Morgan fingerprint density at radius 2 is 1.76 bits per heavy atom. The number of alkyl halides is 2. The van der Waals surface area contributed by atoms with Crippen LogP contribution < -0.4 is 18.9 Å². The number of pyridine rings is 1. The van der Waals surface area contributed by atoms with Crippen molar-refractivity contribution in [2.24, 2.45) is 5.92 Å². The zero-order valence-electron chi connectivity index (χ0n) is 19.4. The largest absolute Gasteiger partial charge is 0.619 e. The van der Waals surface area contributed by atoms with Crippen LogP contribution in [0.15, 0.2) is 60.9 Å². The molecule has 37 heavy (non-hydrogen) atoms. The molecule has 0 unspecified atom stereocenters. The van der Waals surface area contributed by atoms with Crippen molar-refractivity contribution in [1.82, 2.24) is 0 Å². The lowest BCUT2D eigenvalue weighted by Crippen LogP contribution is -2.26. The minimum atomic E-state index is -3.03. The summed E-state index contributed by atoms with van der Waals surface area (Å²) in [4.78, 5) is 12.3. The average molecular weight is 554 g/mol.